The number of aromatic hydroxyl groups is 1. The monoisotopic (exact) mass is 676 g/mol. The molecule has 4 aliphatic rings. The molecule has 0 aromatic heterocycles. The number of amides is 4. The van der Waals surface area contributed by atoms with Crippen LogP contribution >= 0.6 is 23.2 Å². The first kappa shape index (κ1) is 30.6. The Labute approximate surface area is 287 Å². The number of phenols is 1. The zero-order valence-corrected chi connectivity index (χ0v) is 27.4. The number of carbonyl (C=O) groups excluding carboxylic acids is 4. The number of benzene rings is 4. The van der Waals surface area contributed by atoms with E-state index in [1.165, 1.54) is 9.80 Å². The van der Waals surface area contributed by atoms with Gasteiger partial charge in [-0.25, -0.2) is 9.80 Å². The van der Waals surface area contributed by atoms with Gasteiger partial charge in [0.15, 0.2) is 0 Å². The first-order valence-electron chi connectivity index (χ1n) is 16.0. The summed E-state index contributed by atoms with van der Waals surface area (Å²) < 4.78 is 0. The van der Waals surface area contributed by atoms with Crippen LogP contribution in [0.5, 0.6) is 5.75 Å². The minimum Gasteiger partial charge on any atom is -0.508 e. The molecule has 7 nitrogen and oxygen atoms in total. The number of allylic oxidation sites excluding steroid dienone is 2. The molecule has 2 heterocycles. The fraction of sp³-hybridized carbons (Fsp3) is 0.231. The summed E-state index contributed by atoms with van der Waals surface area (Å²) in [6, 6.07) is 27.9. The molecule has 8 rings (SSSR count). The molecule has 2 aliphatic heterocycles. The van der Waals surface area contributed by atoms with Gasteiger partial charge in [-0.05, 0) is 73.2 Å². The van der Waals surface area contributed by atoms with E-state index in [1.807, 2.05) is 43.3 Å². The Hall–Kier alpha value is -4.72. The van der Waals surface area contributed by atoms with Crippen molar-refractivity contribution in [3.05, 3.63) is 135 Å². The van der Waals surface area contributed by atoms with Crippen LogP contribution in [0.2, 0.25) is 10.0 Å². The number of hydrogen-bond acceptors (Lipinski definition) is 5. The lowest BCUT2D eigenvalue weighted by molar-refractivity contribution is -0.127. The summed E-state index contributed by atoms with van der Waals surface area (Å²) in [5, 5.41) is 12.3. The van der Waals surface area contributed by atoms with Gasteiger partial charge in [-0.15, -0.1) is 0 Å². The highest BCUT2D eigenvalue weighted by Crippen LogP contribution is 2.65. The van der Waals surface area contributed by atoms with E-state index < -0.39 is 46.8 Å². The van der Waals surface area contributed by atoms with Gasteiger partial charge in [0.05, 0.1) is 34.5 Å². The van der Waals surface area contributed by atoms with Gasteiger partial charge in [0.1, 0.15) is 5.75 Å². The Morgan fingerprint density at radius 1 is 0.750 bits per heavy atom. The Bertz CT molecular complexity index is 2080. The van der Waals surface area contributed by atoms with E-state index in [4.69, 9.17) is 23.2 Å². The number of para-hydroxylation sites is 1. The highest BCUT2D eigenvalue weighted by atomic mass is 35.5. The SMILES string of the molecule is Cc1ccc(N2C(=O)C3CC=C4C(CC5C(=O)N(c6cccc(Cl)c6)C(=O)C5(c5ccccc5)C4c4ccccc4O)C3C2=O)cc1Cl. The maximum atomic E-state index is 15.2. The first-order chi connectivity index (χ1) is 23.1. The maximum absolute atomic E-state index is 15.2. The van der Waals surface area contributed by atoms with Crippen LogP contribution in [0.25, 0.3) is 0 Å². The maximum Gasteiger partial charge on any atom is 0.246 e. The number of rotatable bonds is 4. The van der Waals surface area contributed by atoms with Crippen molar-refractivity contribution >= 4 is 58.2 Å². The van der Waals surface area contributed by atoms with Gasteiger partial charge >= 0.3 is 0 Å². The van der Waals surface area contributed by atoms with E-state index in [-0.39, 0.29) is 30.4 Å². The smallest absolute Gasteiger partial charge is 0.246 e. The summed E-state index contributed by atoms with van der Waals surface area (Å²) in [5.74, 6) is -5.20. The molecule has 3 fully saturated rings. The van der Waals surface area contributed by atoms with Crippen LogP contribution in [0.15, 0.2) is 109 Å². The molecule has 6 atom stereocenters. The van der Waals surface area contributed by atoms with E-state index in [2.05, 4.69) is 0 Å². The number of aryl methyl sites for hydroxylation is 1. The molecule has 2 aliphatic carbocycles. The summed E-state index contributed by atoms with van der Waals surface area (Å²) in [5.41, 5.74) is 2.02. The van der Waals surface area contributed by atoms with Crippen molar-refractivity contribution in [3.63, 3.8) is 0 Å². The topological polar surface area (TPSA) is 95.0 Å². The zero-order chi connectivity index (χ0) is 33.5. The largest absolute Gasteiger partial charge is 0.508 e. The standard InChI is InChI=1S/C39H30Cl2N2O5/c1-21-14-15-25(19-31(21)41)42-35(45)28-17-16-26-29(33(28)37(42)47)20-30-36(46)43(24-11-7-10-23(40)18-24)38(48)39(30,22-8-3-2-4-9-22)34(26)27-12-5-6-13-32(27)44/h2-16,18-19,28-30,33-34,44H,17,20H2,1H3. The van der Waals surface area contributed by atoms with Crippen molar-refractivity contribution in [1.82, 2.24) is 0 Å². The molecule has 4 amide bonds. The third kappa shape index (κ3) is 4.20. The lowest BCUT2D eigenvalue weighted by Crippen LogP contribution is -2.53. The van der Waals surface area contributed by atoms with Gasteiger partial charge in [-0.2, -0.15) is 0 Å². The van der Waals surface area contributed by atoms with E-state index >= 15 is 4.79 Å². The molecule has 6 unspecified atom stereocenters. The molecule has 0 radical (unpaired) electrons. The molecule has 0 spiro atoms. The molecule has 240 valence electrons. The van der Waals surface area contributed by atoms with E-state index in [0.717, 1.165) is 11.1 Å². The number of phenolic OH excluding ortho intramolecular Hbond substituents is 1. The second-order valence-electron chi connectivity index (χ2n) is 13.1. The Kier molecular flexibility index (Phi) is 7.13. The van der Waals surface area contributed by atoms with Gasteiger partial charge in [0.25, 0.3) is 0 Å². The van der Waals surface area contributed by atoms with Gasteiger partial charge in [-0.1, -0.05) is 95.5 Å². The molecular formula is C39H30Cl2N2O5. The van der Waals surface area contributed by atoms with Crippen molar-refractivity contribution in [2.45, 2.75) is 31.1 Å². The summed E-state index contributed by atoms with van der Waals surface area (Å²) in [6.45, 7) is 1.85. The number of hydrogen-bond donors (Lipinski definition) is 1. The van der Waals surface area contributed by atoms with Crippen LogP contribution in [0.3, 0.4) is 0 Å². The second kappa shape index (κ2) is 11.2. The van der Waals surface area contributed by atoms with Gasteiger partial charge < -0.3 is 5.11 Å². The predicted molar refractivity (Wildman–Crippen MR) is 183 cm³/mol. The van der Waals surface area contributed by atoms with Crippen LogP contribution in [0.1, 0.15) is 35.4 Å². The van der Waals surface area contributed by atoms with Crippen LogP contribution in [-0.4, -0.2) is 28.7 Å². The molecule has 1 N–H and O–H groups in total. The summed E-state index contributed by atoms with van der Waals surface area (Å²) in [4.78, 5) is 60.8. The van der Waals surface area contributed by atoms with Crippen molar-refractivity contribution in [1.29, 1.82) is 0 Å². The number of imide groups is 2. The average molecular weight is 678 g/mol. The predicted octanol–water partition coefficient (Wildman–Crippen LogP) is 7.37. The van der Waals surface area contributed by atoms with Crippen LogP contribution in [0.4, 0.5) is 11.4 Å². The molecule has 48 heavy (non-hydrogen) atoms. The van der Waals surface area contributed by atoms with Crippen LogP contribution in [0, 0.1) is 30.6 Å². The molecule has 4 aromatic rings. The molecule has 1 saturated carbocycles. The second-order valence-corrected chi connectivity index (χ2v) is 13.9. The molecule has 9 heteroatoms. The number of anilines is 2. The van der Waals surface area contributed by atoms with E-state index in [1.54, 1.807) is 66.7 Å². The van der Waals surface area contributed by atoms with Crippen molar-refractivity contribution < 1.29 is 24.3 Å². The molecule has 2 saturated heterocycles. The highest BCUT2D eigenvalue weighted by molar-refractivity contribution is 6.33. The third-order valence-electron chi connectivity index (χ3n) is 10.8. The van der Waals surface area contributed by atoms with Crippen molar-refractivity contribution in [3.8, 4) is 5.75 Å². The number of fused-ring (bicyclic) bond motifs is 4. The van der Waals surface area contributed by atoms with Crippen LogP contribution in [-0.2, 0) is 24.6 Å². The van der Waals surface area contributed by atoms with Crippen molar-refractivity contribution in [2.75, 3.05) is 9.80 Å². The summed E-state index contributed by atoms with van der Waals surface area (Å²) >= 11 is 12.8. The molecule has 0 bridgehead atoms. The third-order valence-corrected chi connectivity index (χ3v) is 11.5. The Morgan fingerprint density at radius 3 is 2.21 bits per heavy atom. The minimum atomic E-state index is -1.45. The Morgan fingerprint density at radius 2 is 1.48 bits per heavy atom. The van der Waals surface area contributed by atoms with Crippen LogP contribution < -0.4 is 9.80 Å². The van der Waals surface area contributed by atoms with Gasteiger partial charge in [0, 0.05) is 21.5 Å². The normalized spacial score (nSPS) is 27.9. The number of nitrogens with zero attached hydrogens (tertiary/aromatic N) is 2. The first-order valence-corrected chi connectivity index (χ1v) is 16.7. The summed E-state index contributed by atoms with van der Waals surface area (Å²) in [7, 11) is 0. The molecular weight excluding hydrogens is 647 g/mol. The Balaban J connectivity index is 1.35. The lowest BCUT2D eigenvalue weighted by Gasteiger charge is -2.50. The fourth-order valence-corrected chi connectivity index (χ4v) is 9.15. The molecule has 4 aromatic carbocycles. The van der Waals surface area contributed by atoms with Gasteiger partial charge in [-0.3, -0.25) is 19.2 Å². The van der Waals surface area contributed by atoms with E-state index in [0.29, 0.717) is 32.5 Å². The fourth-order valence-electron chi connectivity index (χ4n) is 8.80. The van der Waals surface area contributed by atoms with E-state index in [9.17, 15) is 19.5 Å². The van der Waals surface area contributed by atoms with Crippen molar-refractivity contribution in [2.24, 2.45) is 23.7 Å². The lowest BCUT2D eigenvalue weighted by atomic mass is 9.49. The number of halogens is 2. The average Bonchev–Trinajstić information content (AvgIpc) is 3.47. The zero-order valence-electron chi connectivity index (χ0n) is 25.8. The number of carbonyl (C=O) groups is 4. The summed E-state index contributed by atoms with van der Waals surface area (Å²) in [6.07, 6.45) is 2.41. The van der Waals surface area contributed by atoms with Gasteiger partial charge in [0.2, 0.25) is 23.6 Å². The minimum absolute atomic E-state index is 0.0218. The highest BCUT2D eigenvalue weighted by Gasteiger charge is 2.70. The quantitative estimate of drug-likeness (QED) is 0.180.